The van der Waals surface area contributed by atoms with Crippen LogP contribution in [0.4, 0.5) is 0 Å². The zero-order valence-corrected chi connectivity index (χ0v) is 11.2. The van der Waals surface area contributed by atoms with Crippen molar-refractivity contribution in [2.75, 3.05) is 18.1 Å². The first-order chi connectivity index (χ1) is 8.16. The molecule has 3 nitrogen and oxygen atoms in total. The van der Waals surface area contributed by atoms with Crippen molar-refractivity contribution >= 4 is 9.84 Å². The number of rotatable bonds is 4. The molecule has 1 aliphatic heterocycles. The van der Waals surface area contributed by atoms with Crippen molar-refractivity contribution in [2.45, 2.75) is 44.9 Å². The molecule has 1 saturated heterocycles. The molecule has 0 radical (unpaired) electrons. The summed E-state index contributed by atoms with van der Waals surface area (Å²) in [6.07, 6.45) is 9.57. The average molecular weight is 258 g/mol. The van der Waals surface area contributed by atoms with E-state index in [-0.39, 0.29) is 0 Å². The summed E-state index contributed by atoms with van der Waals surface area (Å²) in [6, 6.07) is 0. The van der Waals surface area contributed by atoms with Gasteiger partial charge in [0.1, 0.15) is 9.84 Å². The van der Waals surface area contributed by atoms with Crippen molar-refractivity contribution in [3.63, 3.8) is 0 Å². The van der Waals surface area contributed by atoms with Gasteiger partial charge in [-0.25, -0.2) is 8.42 Å². The molecule has 0 atom stereocenters. The fraction of sp³-hybridized carbons (Fsp3) is 0.846. The summed E-state index contributed by atoms with van der Waals surface area (Å²) in [6.45, 7) is 0.744. The Balaban J connectivity index is 1.61. The van der Waals surface area contributed by atoms with Gasteiger partial charge in [0, 0.05) is 0 Å². The number of hydrogen-bond donors (Lipinski definition) is 0. The highest BCUT2D eigenvalue weighted by atomic mass is 32.2. The van der Waals surface area contributed by atoms with Gasteiger partial charge in [0.15, 0.2) is 0 Å². The molecule has 1 aliphatic carbocycles. The van der Waals surface area contributed by atoms with Crippen LogP contribution in [0.5, 0.6) is 0 Å². The lowest BCUT2D eigenvalue weighted by Crippen LogP contribution is -2.23. The molecule has 98 valence electrons. The maximum atomic E-state index is 11.3. The Labute approximate surface area is 104 Å². The van der Waals surface area contributed by atoms with Gasteiger partial charge in [0.05, 0.1) is 24.4 Å². The largest absolute Gasteiger partial charge is 0.501 e. The first-order valence-corrected chi connectivity index (χ1v) is 8.48. The molecule has 0 aromatic carbocycles. The molecule has 0 aromatic heterocycles. The number of ether oxygens (including phenoxy) is 1. The van der Waals surface area contributed by atoms with Crippen LogP contribution in [0.1, 0.15) is 44.9 Å². The van der Waals surface area contributed by atoms with Gasteiger partial charge in [0.25, 0.3) is 0 Å². The third-order valence-electron chi connectivity index (χ3n) is 3.81. The van der Waals surface area contributed by atoms with Gasteiger partial charge in [-0.05, 0) is 56.4 Å². The van der Waals surface area contributed by atoms with Gasteiger partial charge in [-0.2, -0.15) is 0 Å². The second kappa shape index (κ2) is 5.89. The quantitative estimate of drug-likeness (QED) is 0.575. The molecule has 2 fully saturated rings. The SMILES string of the molecule is O=S1(=O)CCC(CCOC=C2CCCC2)CC1. The van der Waals surface area contributed by atoms with E-state index in [0.29, 0.717) is 17.4 Å². The maximum Gasteiger partial charge on any atom is 0.150 e. The third-order valence-corrected chi connectivity index (χ3v) is 5.53. The van der Waals surface area contributed by atoms with Crippen LogP contribution in [-0.2, 0) is 14.6 Å². The Bertz CT molecular complexity index is 348. The molecule has 0 aromatic rings. The maximum absolute atomic E-state index is 11.3. The molecule has 0 unspecified atom stereocenters. The third kappa shape index (κ3) is 4.34. The standard InChI is InChI=1S/C13H22O3S/c14-17(15)9-6-12(7-10-17)5-8-16-11-13-3-1-2-4-13/h11-12H,1-10H2. The molecule has 2 aliphatic rings. The fourth-order valence-electron chi connectivity index (χ4n) is 2.59. The monoisotopic (exact) mass is 258 g/mol. The first kappa shape index (κ1) is 12.9. The van der Waals surface area contributed by atoms with Crippen LogP contribution in [0.2, 0.25) is 0 Å². The highest BCUT2D eigenvalue weighted by Crippen LogP contribution is 2.24. The first-order valence-electron chi connectivity index (χ1n) is 6.66. The van der Waals surface area contributed by atoms with Gasteiger partial charge in [-0.1, -0.05) is 0 Å². The van der Waals surface area contributed by atoms with Gasteiger partial charge in [-0.15, -0.1) is 0 Å². The number of allylic oxidation sites excluding steroid dienone is 1. The minimum absolute atomic E-state index is 0.374. The van der Waals surface area contributed by atoms with Gasteiger partial charge >= 0.3 is 0 Å². The van der Waals surface area contributed by atoms with Crippen molar-refractivity contribution < 1.29 is 13.2 Å². The summed E-state index contributed by atoms with van der Waals surface area (Å²) in [5.41, 5.74) is 1.44. The molecule has 0 spiro atoms. The van der Waals surface area contributed by atoms with E-state index in [4.69, 9.17) is 4.74 Å². The molecule has 17 heavy (non-hydrogen) atoms. The van der Waals surface area contributed by atoms with E-state index in [2.05, 4.69) is 0 Å². The van der Waals surface area contributed by atoms with E-state index < -0.39 is 9.84 Å². The second-order valence-electron chi connectivity index (χ2n) is 5.24. The zero-order valence-electron chi connectivity index (χ0n) is 10.4. The summed E-state index contributed by atoms with van der Waals surface area (Å²) in [4.78, 5) is 0. The Kier molecular flexibility index (Phi) is 4.48. The molecule has 2 rings (SSSR count). The van der Waals surface area contributed by atoms with Crippen molar-refractivity contribution in [1.82, 2.24) is 0 Å². The molecule has 0 N–H and O–H groups in total. The van der Waals surface area contributed by atoms with Gasteiger partial charge < -0.3 is 4.74 Å². The van der Waals surface area contributed by atoms with E-state index in [1.807, 2.05) is 6.26 Å². The van der Waals surface area contributed by atoms with Gasteiger partial charge in [-0.3, -0.25) is 0 Å². The normalized spacial score (nSPS) is 24.8. The number of hydrogen-bond acceptors (Lipinski definition) is 3. The minimum Gasteiger partial charge on any atom is -0.501 e. The second-order valence-corrected chi connectivity index (χ2v) is 7.54. The van der Waals surface area contributed by atoms with Crippen LogP contribution in [0.25, 0.3) is 0 Å². The van der Waals surface area contributed by atoms with Crippen LogP contribution in [-0.4, -0.2) is 26.5 Å². The highest BCUT2D eigenvalue weighted by molar-refractivity contribution is 7.91. The van der Waals surface area contributed by atoms with E-state index in [9.17, 15) is 8.42 Å². The lowest BCUT2D eigenvalue weighted by Gasteiger charge is -2.21. The lowest BCUT2D eigenvalue weighted by molar-refractivity contribution is 0.214. The van der Waals surface area contributed by atoms with Crippen LogP contribution < -0.4 is 0 Å². The van der Waals surface area contributed by atoms with E-state index >= 15 is 0 Å². The number of sulfone groups is 1. The predicted octanol–water partition coefficient (Wildman–Crippen LogP) is 2.68. The summed E-state index contributed by atoms with van der Waals surface area (Å²) in [7, 11) is -2.71. The Morgan fingerprint density at radius 1 is 1.18 bits per heavy atom. The summed E-state index contributed by atoms with van der Waals surface area (Å²) < 4.78 is 28.1. The van der Waals surface area contributed by atoms with Crippen molar-refractivity contribution in [2.24, 2.45) is 5.92 Å². The lowest BCUT2D eigenvalue weighted by atomic mass is 10.00. The molecular formula is C13H22O3S. The van der Waals surface area contributed by atoms with E-state index in [1.54, 1.807) is 0 Å². The van der Waals surface area contributed by atoms with Crippen LogP contribution in [0.15, 0.2) is 11.8 Å². The van der Waals surface area contributed by atoms with Crippen LogP contribution >= 0.6 is 0 Å². The summed E-state index contributed by atoms with van der Waals surface area (Å²) in [5.74, 6) is 1.29. The fourth-order valence-corrected chi connectivity index (χ4v) is 4.18. The van der Waals surface area contributed by atoms with Crippen molar-refractivity contribution in [3.05, 3.63) is 11.8 Å². The van der Waals surface area contributed by atoms with Gasteiger partial charge in [0.2, 0.25) is 0 Å². The molecule has 0 amide bonds. The molecule has 0 bridgehead atoms. The minimum atomic E-state index is -2.71. The smallest absolute Gasteiger partial charge is 0.150 e. The molecule has 4 heteroatoms. The predicted molar refractivity (Wildman–Crippen MR) is 68.5 cm³/mol. The van der Waals surface area contributed by atoms with Crippen molar-refractivity contribution in [1.29, 1.82) is 0 Å². The van der Waals surface area contributed by atoms with Crippen molar-refractivity contribution in [3.8, 4) is 0 Å². The molecular weight excluding hydrogens is 236 g/mol. The Morgan fingerprint density at radius 2 is 1.82 bits per heavy atom. The highest BCUT2D eigenvalue weighted by Gasteiger charge is 2.23. The van der Waals surface area contributed by atoms with E-state index in [1.165, 1.54) is 31.3 Å². The molecule has 1 saturated carbocycles. The van der Waals surface area contributed by atoms with Crippen LogP contribution in [0.3, 0.4) is 0 Å². The Hall–Kier alpha value is -0.510. The molecule has 1 heterocycles. The zero-order chi connectivity index (χ0) is 12.1. The van der Waals surface area contributed by atoms with Crippen LogP contribution in [0, 0.1) is 5.92 Å². The van der Waals surface area contributed by atoms with E-state index in [0.717, 1.165) is 25.9 Å². The Morgan fingerprint density at radius 3 is 2.47 bits per heavy atom. The average Bonchev–Trinajstić information content (AvgIpc) is 2.79. The summed E-state index contributed by atoms with van der Waals surface area (Å²) in [5, 5.41) is 0. The topological polar surface area (TPSA) is 43.4 Å². The summed E-state index contributed by atoms with van der Waals surface area (Å²) >= 11 is 0.